The van der Waals surface area contributed by atoms with Gasteiger partial charge in [0.15, 0.2) is 0 Å². The van der Waals surface area contributed by atoms with Crippen LogP contribution in [0.4, 0.5) is 5.69 Å². The lowest BCUT2D eigenvalue weighted by Gasteiger charge is -2.12. The second-order valence-electron chi connectivity index (χ2n) is 6.24. The van der Waals surface area contributed by atoms with Gasteiger partial charge in [0.2, 0.25) is 5.91 Å². The summed E-state index contributed by atoms with van der Waals surface area (Å²) in [7, 11) is 3.06. The molecule has 3 aromatic rings. The summed E-state index contributed by atoms with van der Waals surface area (Å²) in [6, 6.07) is 22.2. The molecule has 0 aromatic heterocycles. The number of benzene rings is 3. The largest absolute Gasteiger partial charge is 0.497 e. The number of methoxy groups -OCH3 is 2. The quantitative estimate of drug-likeness (QED) is 0.644. The summed E-state index contributed by atoms with van der Waals surface area (Å²) >= 11 is 0. The van der Waals surface area contributed by atoms with E-state index in [1.54, 1.807) is 37.4 Å². The summed E-state index contributed by atoms with van der Waals surface area (Å²) < 4.78 is 10.4. The molecule has 0 unspecified atom stereocenters. The van der Waals surface area contributed by atoms with Crippen molar-refractivity contribution in [1.29, 1.82) is 0 Å². The Morgan fingerprint density at radius 2 is 1.52 bits per heavy atom. The Hall–Kier alpha value is -3.80. The summed E-state index contributed by atoms with van der Waals surface area (Å²) in [5.41, 5.74) is 3.08. The van der Waals surface area contributed by atoms with Crippen LogP contribution >= 0.6 is 0 Å². The molecule has 0 spiro atoms. The number of hydrogen-bond donors (Lipinski definition) is 2. The predicted octanol–water partition coefficient (Wildman–Crippen LogP) is 3.74. The molecule has 148 valence electrons. The van der Waals surface area contributed by atoms with Crippen LogP contribution in [0.5, 0.6) is 11.5 Å². The van der Waals surface area contributed by atoms with Crippen molar-refractivity contribution in [3.05, 3.63) is 78.4 Å². The van der Waals surface area contributed by atoms with E-state index in [1.807, 2.05) is 42.5 Å². The molecule has 2 N–H and O–H groups in total. The molecular formula is C23H22N2O4. The molecule has 0 aliphatic carbocycles. The maximum absolute atomic E-state index is 12.3. The molecule has 0 fully saturated rings. The van der Waals surface area contributed by atoms with E-state index >= 15 is 0 Å². The second kappa shape index (κ2) is 9.41. The van der Waals surface area contributed by atoms with Gasteiger partial charge in [0, 0.05) is 11.6 Å². The van der Waals surface area contributed by atoms with Crippen molar-refractivity contribution < 1.29 is 19.1 Å². The minimum atomic E-state index is -0.359. The Kier molecular flexibility index (Phi) is 6.47. The third-order valence-corrected chi connectivity index (χ3v) is 4.35. The molecule has 6 nitrogen and oxygen atoms in total. The highest BCUT2D eigenvalue weighted by Crippen LogP contribution is 2.28. The molecule has 29 heavy (non-hydrogen) atoms. The molecule has 3 aromatic carbocycles. The van der Waals surface area contributed by atoms with Gasteiger partial charge in [-0.2, -0.15) is 0 Å². The molecule has 0 atom stereocenters. The van der Waals surface area contributed by atoms with Gasteiger partial charge in [-0.3, -0.25) is 9.59 Å². The zero-order valence-corrected chi connectivity index (χ0v) is 16.3. The first-order valence-corrected chi connectivity index (χ1v) is 9.06. The van der Waals surface area contributed by atoms with Gasteiger partial charge < -0.3 is 20.1 Å². The third kappa shape index (κ3) is 5.13. The van der Waals surface area contributed by atoms with Crippen LogP contribution in [0, 0.1) is 0 Å². The van der Waals surface area contributed by atoms with E-state index in [0.717, 1.165) is 11.1 Å². The number of amides is 2. The standard InChI is InChI=1S/C23H22N2O4/c1-28-19-12-13-20(21(14-19)29-2)25-22(26)15-24-23(27)18-10-8-17(9-11-18)16-6-4-3-5-7-16/h3-14H,15H2,1-2H3,(H,24,27)(H,25,26). The summed E-state index contributed by atoms with van der Waals surface area (Å²) in [6.45, 7) is -0.158. The van der Waals surface area contributed by atoms with Crippen molar-refractivity contribution in [2.45, 2.75) is 0 Å². The second-order valence-corrected chi connectivity index (χ2v) is 6.24. The number of nitrogens with one attached hydrogen (secondary N) is 2. The van der Waals surface area contributed by atoms with E-state index in [9.17, 15) is 9.59 Å². The van der Waals surface area contributed by atoms with E-state index in [2.05, 4.69) is 10.6 Å². The molecule has 3 rings (SSSR count). The number of ether oxygens (including phenoxy) is 2. The summed E-state index contributed by atoms with van der Waals surface area (Å²) in [5.74, 6) is 0.414. The molecular weight excluding hydrogens is 368 g/mol. The fourth-order valence-electron chi connectivity index (χ4n) is 2.80. The van der Waals surface area contributed by atoms with Crippen molar-refractivity contribution >= 4 is 17.5 Å². The topological polar surface area (TPSA) is 76.7 Å². The highest BCUT2D eigenvalue weighted by molar-refractivity contribution is 6.00. The van der Waals surface area contributed by atoms with Gasteiger partial charge in [0.25, 0.3) is 5.91 Å². The smallest absolute Gasteiger partial charge is 0.251 e. The number of hydrogen-bond acceptors (Lipinski definition) is 4. The van der Waals surface area contributed by atoms with E-state index in [-0.39, 0.29) is 18.4 Å². The van der Waals surface area contributed by atoms with Gasteiger partial charge in [-0.15, -0.1) is 0 Å². The van der Waals surface area contributed by atoms with E-state index < -0.39 is 0 Å². The highest BCUT2D eigenvalue weighted by Gasteiger charge is 2.11. The Balaban J connectivity index is 1.57. The Bertz CT molecular complexity index is 986. The van der Waals surface area contributed by atoms with Crippen LogP contribution in [0.1, 0.15) is 10.4 Å². The molecule has 0 aliphatic heterocycles. The van der Waals surface area contributed by atoms with Crippen LogP contribution in [0.3, 0.4) is 0 Å². The average Bonchev–Trinajstić information content (AvgIpc) is 2.78. The molecule has 0 bridgehead atoms. The first-order chi connectivity index (χ1) is 14.1. The lowest BCUT2D eigenvalue weighted by atomic mass is 10.0. The molecule has 0 heterocycles. The van der Waals surface area contributed by atoms with Crippen LogP contribution in [0.2, 0.25) is 0 Å². The van der Waals surface area contributed by atoms with Crippen LogP contribution in [-0.4, -0.2) is 32.6 Å². The number of rotatable bonds is 7. The van der Waals surface area contributed by atoms with Crippen LogP contribution in [-0.2, 0) is 4.79 Å². The van der Waals surface area contributed by atoms with Crippen molar-refractivity contribution in [3.8, 4) is 22.6 Å². The van der Waals surface area contributed by atoms with Crippen LogP contribution in [0.15, 0.2) is 72.8 Å². The van der Waals surface area contributed by atoms with Crippen molar-refractivity contribution in [2.24, 2.45) is 0 Å². The van der Waals surface area contributed by atoms with Crippen molar-refractivity contribution in [3.63, 3.8) is 0 Å². The van der Waals surface area contributed by atoms with Gasteiger partial charge in [-0.05, 0) is 35.4 Å². The van der Waals surface area contributed by atoms with Crippen molar-refractivity contribution in [2.75, 3.05) is 26.1 Å². The average molecular weight is 390 g/mol. The zero-order chi connectivity index (χ0) is 20.6. The lowest BCUT2D eigenvalue weighted by molar-refractivity contribution is -0.115. The Morgan fingerprint density at radius 3 is 2.17 bits per heavy atom. The van der Waals surface area contributed by atoms with Crippen LogP contribution in [0.25, 0.3) is 11.1 Å². The predicted molar refractivity (Wildman–Crippen MR) is 112 cm³/mol. The molecule has 0 radical (unpaired) electrons. The fraction of sp³-hybridized carbons (Fsp3) is 0.130. The molecule has 6 heteroatoms. The lowest BCUT2D eigenvalue weighted by Crippen LogP contribution is -2.32. The molecule has 0 aliphatic rings. The first kappa shape index (κ1) is 19.9. The SMILES string of the molecule is COc1ccc(NC(=O)CNC(=O)c2ccc(-c3ccccc3)cc2)c(OC)c1. The van der Waals surface area contributed by atoms with Gasteiger partial charge in [0.1, 0.15) is 11.5 Å². The maximum Gasteiger partial charge on any atom is 0.251 e. The number of carbonyl (C=O) groups excluding carboxylic acids is 2. The first-order valence-electron chi connectivity index (χ1n) is 9.06. The van der Waals surface area contributed by atoms with Gasteiger partial charge in [-0.25, -0.2) is 0 Å². The van der Waals surface area contributed by atoms with E-state index in [0.29, 0.717) is 22.7 Å². The van der Waals surface area contributed by atoms with Gasteiger partial charge >= 0.3 is 0 Å². The summed E-state index contributed by atoms with van der Waals surface area (Å²) in [4.78, 5) is 24.5. The zero-order valence-electron chi connectivity index (χ0n) is 16.3. The molecule has 2 amide bonds. The van der Waals surface area contributed by atoms with Gasteiger partial charge in [-0.1, -0.05) is 42.5 Å². The Labute approximate surface area is 169 Å². The van der Waals surface area contributed by atoms with E-state index in [1.165, 1.54) is 7.11 Å². The number of anilines is 1. The minimum Gasteiger partial charge on any atom is -0.497 e. The maximum atomic E-state index is 12.3. The Morgan fingerprint density at radius 1 is 0.828 bits per heavy atom. The van der Waals surface area contributed by atoms with Crippen molar-refractivity contribution in [1.82, 2.24) is 5.32 Å². The normalized spacial score (nSPS) is 10.1. The van der Waals surface area contributed by atoms with Crippen LogP contribution < -0.4 is 20.1 Å². The highest BCUT2D eigenvalue weighted by atomic mass is 16.5. The summed E-state index contributed by atoms with van der Waals surface area (Å²) in [5, 5.41) is 5.34. The molecule has 0 saturated heterocycles. The third-order valence-electron chi connectivity index (χ3n) is 4.35. The molecule has 0 saturated carbocycles. The fourth-order valence-corrected chi connectivity index (χ4v) is 2.80. The summed E-state index contributed by atoms with van der Waals surface area (Å²) in [6.07, 6.45) is 0. The monoisotopic (exact) mass is 390 g/mol. The van der Waals surface area contributed by atoms with Gasteiger partial charge in [0.05, 0.1) is 26.5 Å². The number of carbonyl (C=O) groups is 2. The minimum absolute atomic E-state index is 0.158. The van der Waals surface area contributed by atoms with E-state index in [4.69, 9.17) is 9.47 Å².